The molecule has 0 aliphatic carbocycles. The van der Waals surface area contributed by atoms with Crippen LogP contribution in [0.5, 0.6) is 0 Å². The lowest BCUT2D eigenvalue weighted by Gasteiger charge is -2.11. The summed E-state index contributed by atoms with van der Waals surface area (Å²) in [5.74, 6) is 0.701. The standard InChI is InChI=1S/C9H13ClN2O.C2H6/c1-6-3-8(10)12-9(4-6)11-7(2)5-13;1-2/h3-4,7,13H,5H2,1-2H3,(H,11,12);1-2H3. The number of pyridine rings is 1. The summed E-state index contributed by atoms with van der Waals surface area (Å²) in [5, 5.41) is 12.3. The molecule has 1 aromatic rings. The van der Waals surface area contributed by atoms with Crippen LogP contribution in [0.25, 0.3) is 0 Å². The van der Waals surface area contributed by atoms with Gasteiger partial charge in [0.15, 0.2) is 0 Å². The maximum Gasteiger partial charge on any atom is 0.131 e. The number of anilines is 1. The first-order valence-electron chi connectivity index (χ1n) is 5.13. The molecule has 1 rings (SSSR count). The molecule has 0 saturated carbocycles. The maximum absolute atomic E-state index is 8.81. The van der Waals surface area contributed by atoms with Crippen molar-refractivity contribution in [2.75, 3.05) is 11.9 Å². The van der Waals surface area contributed by atoms with E-state index in [4.69, 9.17) is 16.7 Å². The van der Waals surface area contributed by atoms with Gasteiger partial charge in [-0.3, -0.25) is 0 Å². The number of hydrogen-bond donors (Lipinski definition) is 2. The second kappa shape index (κ2) is 7.49. The van der Waals surface area contributed by atoms with Gasteiger partial charge in [0.25, 0.3) is 0 Å². The van der Waals surface area contributed by atoms with E-state index in [0.29, 0.717) is 11.0 Å². The van der Waals surface area contributed by atoms with Gasteiger partial charge >= 0.3 is 0 Å². The van der Waals surface area contributed by atoms with Gasteiger partial charge in [0, 0.05) is 6.04 Å². The number of nitrogens with one attached hydrogen (secondary N) is 1. The summed E-state index contributed by atoms with van der Waals surface area (Å²) in [6.45, 7) is 7.90. The number of nitrogens with zero attached hydrogens (tertiary/aromatic N) is 1. The summed E-state index contributed by atoms with van der Waals surface area (Å²) < 4.78 is 0. The average molecular weight is 231 g/mol. The zero-order valence-corrected chi connectivity index (χ0v) is 10.5. The number of aliphatic hydroxyl groups excluding tert-OH is 1. The van der Waals surface area contributed by atoms with Gasteiger partial charge in [-0.2, -0.15) is 0 Å². The number of hydrogen-bond acceptors (Lipinski definition) is 3. The Balaban J connectivity index is 0.000000921. The molecule has 0 saturated heterocycles. The zero-order valence-electron chi connectivity index (χ0n) is 9.71. The van der Waals surface area contributed by atoms with E-state index in [9.17, 15) is 0 Å². The predicted octanol–water partition coefficient (Wildman–Crippen LogP) is 2.86. The first-order valence-corrected chi connectivity index (χ1v) is 5.51. The van der Waals surface area contributed by atoms with Crippen molar-refractivity contribution in [2.24, 2.45) is 0 Å². The molecule has 1 atom stereocenters. The first-order chi connectivity index (χ1) is 7.11. The van der Waals surface area contributed by atoms with E-state index in [0.717, 1.165) is 5.56 Å². The molecular formula is C11H19ClN2O. The molecule has 0 radical (unpaired) electrons. The van der Waals surface area contributed by atoms with Crippen molar-refractivity contribution in [3.05, 3.63) is 22.8 Å². The average Bonchev–Trinajstić information content (AvgIpc) is 2.19. The number of halogens is 1. The molecule has 0 aromatic carbocycles. The predicted molar refractivity (Wildman–Crippen MR) is 65.5 cm³/mol. The van der Waals surface area contributed by atoms with Gasteiger partial charge < -0.3 is 10.4 Å². The molecule has 0 bridgehead atoms. The maximum atomic E-state index is 8.81. The molecule has 15 heavy (non-hydrogen) atoms. The summed E-state index contributed by atoms with van der Waals surface area (Å²) in [5.41, 5.74) is 1.05. The molecule has 0 amide bonds. The minimum atomic E-state index is -0.00892. The lowest BCUT2D eigenvalue weighted by Crippen LogP contribution is -2.20. The third kappa shape index (κ3) is 5.60. The van der Waals surface area contributed by atoms with Crippen LogP contribution in [-0.2, 0) is 0 Å². The Morgan fingerprint density at radius 1 is 1.47 bits per heavy atom. The molecule has 1 unspecified atom stereocenters. The van der Waals surface area contributed by atoms with E-state index in [1.807, 2.05) is 33.8 Å². The van der Waals surface area contributed by atoms with Crippen LogP contribution >= 0.6 is 11.6 Å². The number of aryl methyl sites for hydroxylation is 1. The van der Waals surface area contributed by atoms with Crippen LogP contribution in [0.2, 0.25) is 5.15 Å². The minimum Gasteiger partial charge on any atom is -0.394 e. The molecule has 1 heterocycles. The Kier molecular flexibility index (Phi) is 7.09. The van der Waals surface area contributed by atoms with Crippen molar-refractivity contribution in [2.45, 2.75) is 33.7 Å². The fourth-order valence-electron chi connectivity index (χ4n) is 0.997. The normalized spacial score (nSPS) is 11.3. The molecule has 2 N–H and O–H groups in total. The Labute approximate surface area is 96.5 Å². The fourth-order valence-corrected chi connectivity index (χ4v) is 1.26. The second-order valence-electron chi connectivity index (χ2n) is 3.08. The lowest BCUT2D eigenvalue weighted by atomic mass is 10.3. The summed E-state index contributed by atoms with van der Waals surface area (Å²) >= 11 is 5.76. The SMILES string of the molecule is CC.Cc1cc(Cl)nc(NC(C)CO)c1. The Morgan fingerprint density at radius 2 is 2.07 bits per heavy atom. The quantitative estimate of drug-likeness (QED) is 0.785. The highest BCUT2D eigenvalue weighted by Gasteiger charge is 2.02. The smallest absolute Gasteiger partial charge is 0.131 e. The molecule has 86 valence electrons. The highest BCUT2D eigenvalue weighted by atomic mass is 35.5. The van der Waals surface area contributed by atoms with Crippen molar-refractivity contribution in [3.8, 4) is 0 Å². The number of rotatable bonds is 3. The molecule has 0 fully saturated rings. The van der Waals surface area contributed by atoms with Crippen molar-refractivity contribution in [1.82, 2.24) is 4.98 Å². The van der Waals surface area contributed by atoms with Crippen LogP contribution in [0.1, 0.15) is 26.3 Å². The topological polar surface area (TPSA) is 45.2 Å². The highest BCUT2D eigenvalue weighted by Crippen LogP contribution is 2.14. The molecular weight excluding hydrogens is 212 g/mol. The number of aromatic nitrogens is 1. The number of aliphatic hydroxyl groups is 1. The van der Waals surface area contributed by atoms with E-state index in [-0.39, 0.29) is 12.6 Å². The van der Waals surface area contributed by atoms with Crippen molar-refractivity contribution in [1.29, 1.82) is 0 Å². The van der Waals surface area contributed by atoms with E-state index >= 15 is 0 Å². The Morgan fingerprint density at radius 3 is 2.53 bits per heavy atom. The van der Waals surface area contributed by atoms with Crippen LogP contribution in [0.3, 0.4) is 0 Å². The van der Waals surface area contributed by atoms with E-state index in [2.05, 4.69) is 10.3 Å². The Hall–Kier alpha value is -0.800. The largest absolute Gasteiger partial charge is 0.394 e. The van der Waals surface area contributed by atoms with Gasteiger partial charge in [-0.15, -0.1) is 0 Å². The fraction of sp³-hybridized carbons (Fsp3) is 0.545. The molecule has 0 aliphatic heterocycles. The summed E-state index contributed by atoms with van der Waals surface area (Å²) in [6.07, 6.45) is 0. The summed E-state index contributed by atoms with van der Waals surface area (Å²) in [4.78, 5) is 4.07. The van der Waals surface area contributed by atoms with E-state index in [1.165, 1.54) is 0 Å². The van der Waals surface area contributed by atoms with Crippen LogP contribution in [-0.4, -0.2) is 22.7 Å². The van der Waals surface area contributed by atoms with Gasteiger partial charge in [-0.25, -0.2) is 4.98 Å². The Bertz CT molecular complexity index is 272. The van der Waals surface area contributed by atoms with Gasteiger partial charge in [0.05, 0.1) is 6.61 Å². The highest BCUT2D eigenvalue weighted by molar-refractivity contribution is 6.29. The van der Waals surface area contributed by atoms with Crippen LogP contribution in [0.4, 0.5) is 5.82 Å². The molecule has 1 aromatic heterocycles. The van der Waals surface area contributed by atoms with Crippen LogP contribution < -0.4 is 5.32 Å². The lowest BCUT2D eigenvalue weighted by molar-refractivity contribution is 0.281. The molecule has 0 spiro atoms. The monoisotopic (exact) mass is 230 g/mol. The van der Waals surface area contributed by atoms with E-state index in [1.54, 1.807) is 6.07 Å². The van der Waals surface area contributed by atoms with Crippen molar-refractivity contribution >= 4 is 17.4 Å². The van der Waals surface area contributed by atoms with Crippen molar-refractivity contribution in [3.63, 3.8) is 0 Å². The summed E-state index contributed by atoms with van der Waals surface area (Å²) in [7, 11) is 0. The van der Waals surface area contributed by atoms with Gasteiger partial charge in [0.2, 0.25) is 0 Å². The van der Waals surface area contributed by atoms with Gasteiger partial charge in [-0.05, 0) is 31.5 Å². The van der Waals surface area contributed by atoms with Gasteiger partial charge in [0.1, 0.15) is 11.0 Å². The minimum absolute atomic E-state index is 0.00892. The molecule has 0 aliphatic rings. The first kappa shape index (κ1) is 14.2. The molecule has 4 heteroatoms. The third-order valence-corrected chi connectivity index (χ3v) is 1.80. The summed E-state index contributed by atoms with van der Waals surface area (Å²) in [6, 6.07) is 3.67. The third-order valence-electron chi connectivity index (χ3n) is 1.61. The molecule has 3 nitrogen and oxygen atoms in total. The van der Waals surface area contributed by atoms with Crippen LogP contribution in [0, 0.1) is 6.92 Å². The second-order valence-corrected chi connectivity index (χ2v) is 3.47. The zero-order chi connectivity index (χ0) is 11.8. The van der Waals surface area contributed by atoms with Gasteiger partial charge in [-0.1, -0.05) is 25.4 Å². The van der Waals surface area contributed by atoms with Crippen LogP contribution in [0.15, 0.2) is 12.1 Å². The van der Waals surface area contributed by atoms with E-state index < -0.39 is 0 Å². The van der Waals surface area contributed by atoms with Crippen molar-refractivity contribution < 1.29 is 5.11 Å².